The van der Waals surface area contributed by atoms with E-state index in [1.54, 1.807) is 25.1 Å². The lowest BCUT2D eigenvalue weighted by molar-refractivity contribution is -0.113. The molecular weight excluding hydrogens is 176 g/mol. The van der Waals surface area contributed by atoms with Crippen LogP contribution in [0.3, 0.4) is 0 Å². The molecule has 2 nitrogen and oxygen atoms in total. The van der Waals surface area contributed by atoms with Crippen LogP contribution in [0.5, 0.6) is 5.75 Å². The minimum absolute atomic E-state index is 0.0185. The number of ketones is 1. The summed E-state index contributed by atoms with van der Waals surface area (Å²) in [6.45, 7) is 5.16. The van der Waals surface area contributed by atoms with Gasteiger partial charge in [0.05, 0.1) is 0 Å². The Morgan fingerprint density at radius 3 is 2.50 bits per heavy atom. The Bertz CT molecular complexity index is 389. The topological polar surface area (TPSA) is 37.3 Å². The van der Waals surface area contributed by atoms with Crippen LogP contribution in [0.2, 0.25) is 0 Å². The summed E-state index contributed by atoms with van der Waals surface area (Å²) in [6, 6.07) is 5.38. The smallest absolute Gasteiger partial charge is 0.155 e. The van der Waals surface area contributed by atoms with E-state index < -0.39 is 0 Å². The number of phenolic OH excluding ortho intramolecular Hbond substituents is 1. The van der Waals surface area contributed by atoms with Gasteiger partial charge in [0.25, 0.3) is 0 Å². The fourth-order valence-corrected chi connectivity index (χ4v) is 1.11. The second kappa shape index (κ2) is 4.09. The number of carbonyl (C=O) groups is 1. The molecule has 1 aromatic carbocycles. The average molecular weight is 190 g/mol. The van der Waals surface area contributed by atoms with Crippen LogP contribution >= 0.6 is 0 Å². The van der Waals surface area contributed by atoms with Gasteiger partial charge >= 0.3 is 0 Å². The molecule has 1 rings (SSSR count). The van der Waals surface area contributed by atoms with Crippen molar-refractivity contribution in [3.8, 4) is 5.75 Å². The van der Waals surface area contributed by atoms with Gasteiger partial charge in [0.2, 0.25) is 0 Å². The number of allylic oxidation sites excluding steroid dienone is 1. The van der Waals surface area contributed by atoms with Crippen molar-refractivity contribution in [1.82, 2.24) is 0 Å². The molecule has 0 atom stereocenters. The van der Waals surface area contributed by atoms with Crippen molar-refractivity contribution in [1.29, 1.82) is 0 Å². The lowest BCUT2D eigenvalue weighted by Gasteiger charge is -2.01. The molecule has 1 aromatic rings. The van der Waals surface area contributed by atoms with Crippen molar-refractivity contribution < 1.29 is 9.90 Å². The maximum absolute atomic E-state index is 11.0. The van der Waals surface area contributed by atoms with Gasteiger partial charge in [-0.25, -0.2) is 0 Å². The number of phenols is 1. The van der Waals surface area contributed by atoms with E-state index in [9.17, 15) is 9.90 Å². The molecule has 0 aliphatic rings. The molecule has 0 spiro atoms. The Morgan fingerprint density at radius 1 is 1.36 bits per heavy atom. The van der Waals surface area contributed by atoms with Crippen molar-refractivity contribution in [2.24, 2.45) is 0 Å². The molecule has 0 amide bonds. The minimum Gasteiger partial charge on any atom is -0.507 e. The number of hydrogen-bond acceptors (Lipinski definition) is 2. The summed E-state index contributed by atoms with van der Waals surface area (Å²) >= 11 is 0. The zero-order chi connectivity index (χ0) is 10.7. The minimum atomic E-state index is 0.0185. The number of aromatic hydroxyl groups is 1. The van der Waals surface area contributed by atoms with Crippen LogP contribution in [0.25, 0.3) is 6.08 Å². The quantitative estimate of drug-likeness (QED) is 0.728. The van der Waals surface area contributed by atoms with Gasteiger partial charge in [0, 0.05) is 5.56 Å². The van der Waals surface area contributed by atoms with Gasteiger partial charge in [-0.1, -0.05) is 12.1 Å². The molecule has 0 fully saturated rings. The number of Topliss-reactive ketones (excluding diaryl/α,β-unsaturated/α-hetero) is 1. The third-order valence-corrected chi connectivity index (χ3v) is 2.11. The number of hydrogen-bond donors (Lipinski definition) is 1. The number of rotatable bonds is 2. The maximum Gasteiger partial charge on any atom is 0.155 e. The average Bonchev–Trinajstić information content (AvgIpc) is 2.09. The molecule has 0 aliphatic heterocycles. The van der Waals surface area contributed by atoms with Gasteiger partial charge in [-0.3, -0.25) is 4.79 Å². The van der Waals surface area contributed by atoms with Crippen LogP contribution in [-0.2, 0) is 4.79 Å². The van der Waals surface area contributed by atoms with E-state index >= 15 is 0 Å². The Kier molecular flexibility index (Phi) is 3.07. The van der Waals surface area contributed by atoms with Crippen LogP contribution in [0.15, 0.2) is 23.8 Å². The van der Waals surface area contributed by atoms with Gasteiger partial charge in [-0.2, -0.15) is 0 Å². The van der Waals surface area contributed by atoms with Gasteiger partial charge in [0.1, 0.15) is 5.75 Å². The van der Waals surface area contributed by atoms with E-state index in [2.05, 4.69) is 0 Å². The summed E-state index contributed by atoms with van der Waals surface area (Å²) < 4.78 is 0. The third-order valence-electron chi connectivity index (χ3n) is 2.11. The van der Waals surface area contributed by atoms with Crippen LogP contribution in [-0.4, -0.2) is 10.9 Å². The molecule has 0 aromatic heterocycles. The van der Waals surface area contributed by atoms with Crippen LogP contribution in [0.1, 0.15) is 25.0 Å². The van der Waals surface area contributed by atoms with Crippen LogP contribution < -0.4 is 0 Å². The van der Waals surface area contributed by atoms with Gasteiger partial charge < -0.3 is 5.11 Å². The summed E-state index contributed by atoms with van der Waals surface area (Å²) in [6.07, 6.45) is 1.69. The zero-order valence-electron chi connectivity index (χ0n) is 8.66. The zero-order valence-corrected chi connectivity index (χ0v) is 8.66. The van der Waals surface area contributed by atoms with E-state index in [-0.39, 0.29) is 11.5 Å². The Labute approximate surface area is 83.9 Å². The molecule has 1 N–H and O–H groups in total. The van der Waals surface area contributed by atoms with E-state index in [1.165, 1.54) is 6.92 Å². The molecule has 0 saturated carbocycles. The highest BCUT2D eigenvalue weighted by atomic mass is 16.3. The lowest BCUT2D eigenvalue weighted by atomic mass is 10.1. The maximum atomic E-state index is 11.0. The molecule has 2 heteroatoms. The largest absolute Gasteiger partial charge is 0.507 e. The first kappa shape index (κ1) is 10.5. The predicted molar refractivity (Wildman–Crippen MR) is 57.2 cm³/mol. The molecule has 74 valence electrons. The molecule has 14 heavy (non-hydrogen) atoms. The van der Waals surface area contributed by atoms with E-state index in [4.69, 9.17) is 0 Å². The highest BCUT2D eigenvalue weighted by molar-refractivity contribution is 5.97. The van der Waals surface area contributed by atoms with E-state index in [0.29, 0.717) is 11.1 Å². The summed E-state index contributed by atoms with van der Waals surface area (Å²) in [5.74, 6) is 0.232. The first-order valence-corrected chi connectivity index (χ1v) is 4.49. The van der Waals surface area contributed by atoms with Crippen molar-refractivity contribution in [2.75, 3.05) is 0 Å². The summed E-state index contributed by atoms with van der Waals surface area (Å²) in [5.41, 5.74) is 2.33. The second-order valence-electron chi connectivity index (χ2n) is 3.45. The molecule has 0 aliphatic carbocycles. The third kappa shape index (κ3) is 2.46. The first-order valence-electron chi connectivity index (χ1n) is 4.49. The summed E-state index contributed by atoms with van der Waals surface area (Å²) in [5, 5.41) is 9.57. The Balaban J connectivity index is 3.09. The molecular formula is C12H14O2. The highest BCUT2D eigenvalue weighted by Gasteiger charge is 2.01. The molecule has 0 heterocycles. The van der Waals surface area contributed by atoms with Gasteiger partial charge in [-0.05, 0) is 44.1 Å². The van der Waals surface area contributed by atoms with Crippen molar-refractivity contribution >= 4 is 11.9 Å². The van der Waals surface area contributed by atoms with Crippen molar-refractivity contribution in [3.63, 3.8) is 0 Å². The van der Waals surface area contributed by atoms with E-state index in [1.807, 2.05) is 13.0 Å². The molecule has 0 bridgehead atoms. The van der Waals surface area contributed by atoms with Gasteiger partial charge in [-0.15, -0.1) is 0 Å². The van der Waals surface area contributed by atoms with E-state index in [0.717, 1.165) is 5.56 Å². The number of carbonyl (C=O) groups excluding carboxylic acids is 1. The van der Waals surface area contributed by atoms with Crippen molar-refractivity contribution in [2.45, 2.75) is 20.8 Å². The summed E-state index contributed by atoms with van der Waals surface area (Å²) in [4.78, 5) is 11.0. The number of benzene rings is 1. The van der Waals surface area contributed by atoms with Crippen LogP contribution in [0.4, 0.5) is 0 Å². The molecule has 0 radical (unpaired) electrons. The molecule has 0 unspecified atom stereocenters. The molecule has 0 saturated heterocycles. The van der Waals surface area contributed by atoms with Crippen molar-refractivity contribution in [3.05, 3.63) is 34.9 Å². The monoisotopic (exact) mass is 190 g/mol. The predicted octanol–water partition coefficient (Wildman–Crippen LogP) is 2.69. The fraction of sp³-hybridized carbons (Fsp3) is 0.250. The fourth-order valence-electron chi connectivity index (χ4n) is 1.11. The Hall–Kier alpha value is -1.57. The lowest BCUT2D eigenvalue weighted by Crippen LogP contribution is -1.90. The Morgan fingerprint density at radius 2 is 2.00 bits per heavy atom. The first-order chi connectivity index (χ1) is 6.50. The second-order valence-corrected chi connectivity index (χ2v) is 3.45. The standard InChI is InChI=1S/C12H14O2/c1-8-4-5-11(12(14)6-8)7-9(2)10(3)13/h4-7,14H,1-3H3/b9-7-. The SMILES string of the molecule is CC(=O)/C(C)=C\c1ccc(C)cc1O. The summed E-state index contributed by atoms with van der Waals surface area (Å²) in [7, 11) is 0. The van der Waals surface area contributed by atoms with Gasteiger partial charge in [0.15, 0.2) is 5.78 Å². The number of aryl methyl sites for hydroxylation is 1. The normalized spacial score (nSPS) is 11.5. The van der Waals surface area contributed by atoms with Crippen LogP contribution in [0, 0.1) is 6.92 Å². The highest BCUT2D eigenvalue weighted by Crippen LogP contribution is 2.21.